The van der Waals surface area contributed by atoms with E-state index in [1.165, 1.54) is 6.08 Å². The number of rotatable bonds is 3. The van der Waals surface area contributed by atoms with E-state index in [2.05, 4.69) is 0 Å². The smallest absolute Gasteiger partial charge is 0.177 e. The number of Topliss-reactive ketones (excluding diaryl/α,β-unsaturated/α-hetero) is 1. The number of carbonyl (C=O) groups excluding carboxylic acids is 1. The Labute approximate surface area is 87.9 Å². The Morgan fingerprint density at radius 2 is 2.07 bits per heavy atom. The monoisotopic (exact) mass is 196 g/mol. The van der Waals surface area contributed by atoms with Crippen LogP contribution in [0.4, 0.5) is 0 Å². The molecule has 0 fully saturated rings. The Morgan fingerprint density at radius 1 is 1.33 bits per heavy atom. The molecule has 3 nitrogen and oxygen atoms in total. The van der Waals surface area contributed by atoms with Crippen molar-refractivity contribution >= 4 is 11.9 Å². The highest BCUT2D eigenvalue weighted by molar-refractivity contribution is 6.00. The van der Waals surface area contributed by atoms with E-state index in [1.54, 1.807) is 30.3 Å². The fourth-order valence-corrected chi connectivity index (χ4v) is 1.19. The molecule has 15 heavy (non-hydrogen) atoms. The van der Waals surface area contributed by atoms with Gasteiger partial charge in [0.1, 0.15) is 0 Å². The van der Waals surface area contributed by atoms with Crippen molar-refractivity contribution in [2.45, 2.75) is 6.42 Å². The van der Waals surface area contributed by atoms with Crippen molar-refractivity contribution in [2.24, 2.45) is 0 Å². The first-order chi connectivity index (χ1) is 7.29. The molecule has 0 amide bonds. The minimum Gasteiger partial charge on any atom is -0.293 e. The summed E-state index contributed by atoms with van der Waals surface area (Å²) in [5.74, 6) is -0.226. The molecule has 72 valence electrons. The maximum Gasteiger partial charge on any atom is 0.177 e. The Hall–Kier alpha value is -2.39. The Morgan fingerprint density at radius 3 is 2.73 bits per heavy atom. The highest BCUT2D eigenvalue weighted by atomic mass is 16.1. The molecule has 0 heterocycles. The SMILES string of the molecule is N#CC=Cc1ccccc1C(=O)CC#N. The van der Waals surface area contributed by atoms with E-state index < -0.39 is 0 Å². The molecule has 0 spiro atoms. The van der Waals surface area contributed by atoms with Crippen LogP contribution >= 0.6 is 0 Å². The summed E-state index contributed by atoms with van der Waals surface area (Å²) < 4.78 is 0. The first-order valence-corrected chi connectivity index (χ1v) is 4.35. The molecule has 0 saturated carbocycles. The van der Waals surface area contributed by atoms with Crippen LogP contribution in [-0.2, 0) is 0 Å². The van der Waals surface area contributed by atoms with E-state index in [0.717, 1.165) is 0 Å². The third kappa shape index (κ3) is 2.79. The molecule has 0 unspecified atom stereocenters. The number of hydrogen-bond donors (Lipinski definition) is 0. The van der Waals surface area contributed by atoms with Gasteiger partial charge in [0.05, 0.1) is 18.6 Å². The topological polar surface area (TPSA) is 64.7 Å². The summed E-state index contributed by atoms with van der Waals surface area (Å²) in [4.78, 5) is 11.5. The van der Waals surface area contributed by atoms with Crippen LogP contribution in [0.3, 0.4) is 0 Å². The summed E-state index contributed by atoms with van der Waals surface area (Å²) in [7, 11) is 0. The highest BCUT2D eigenvalue weighted by Gasteiger charge is 2.07. The van der Waals surface area contributed by atoms with Crippen molar-refractivity contribution in [3.05, 3.63) is 41.5 Å². The maximum absolute atomic E-state index is 11.5. The fourth-order valence-electron chi connectivity index (χ4n) is 1.19. The van der Waals surface area contributed by atoms with E-state index >= 15 is 0 Å². The van der Waals surface area contributed by atoms with Gasteiger partial charge in [-0.2, -0.15) is 10.5 Å². The second kappa shape index (κ2) is 5.36. The van der Waals surface area contributed by atoms with Crippen molar-refractivity contribution in [1.82, 2.24) is 0 Å². The van der Waals surface area contributed by atoms with E-state index in [1.807, 2.05) is 12.1 Å². The lowest BCUT2D eigenvalue weighted by Gasteiger charge is -2.01. The van der Waals surface area contributed by atoms with Gasteiger partial charge >= 0.3 is 0 Å². The van der Waals surface area contributed by atoms with Gasteiger partial charge in [-0.3, -0.25) is 4.79 Å². The van der Waals surface area contributed by atoms with Gasteiger partial charge < -0.3 is 0 Å². The largest absolute Gasteiger partial charge is 0.293 e. The minimum atomic E-state index is -0.226. The molecule has 0 aliphatic rings. The number of hydrogen-bond acceptors (Lipinski definition) is 3. The fraction of sp³-hybridized carbons (Fsp3) is 0.0833. The lowest BCUT2D eigenvalue weighted by Crippen LogP contribution is -1.99. The average Bonchev–Trinajstić information content (AvgIpc) is 2.27. The summed E-state index contributed by atoms with van der Waals surface area (Å²) in [5, 5.41) is 16.8. The lowest BCUT2D eigenvalue weighted by atomic mass is 10.0. The molecule has 0 saturated heterocycles. The Kier molecular flexibility index (Phi) is 3.82. The minimum absolute atomic E-state index is 0.141. The normalized spacial score (nSPS) is 9.47. The molecule has 0 bridgehead atoms. The zero-order valence-corrected chi connectivity index (χ0v) is 7.97. The third-order valence-corrected chi connectivity index (χ3v) is 1.84. The molecule has 1 aromatic rings. The van der Waals surface area contributed by atoms with Crippen LogP contribution in [0.15, 0.2) is 30.3 Å². The van der Waals surface area contributed by atoms with E-state index in [-0.39, 0.29) is 12.2 Å². The first-order valence-electron chi connectivity index (χ1n) is 4.35. The molecule has 0 aromatic heterocycles. The van der Waals surface area contributed by atoms with Gasteiger partial charge in [-0.15, -0.1) is 0 Å². The van der Waals surface area contributed by atoms with Crippen LogP contribution in [0.2, 0.25) is 0 Å². The van der Waals surface area contributed by atoms with E-state index in [9.17, 15) is 4.79 Å². The summed E-state index contributed by atoms with van der Waals surface area (Å²) in [6.07, 6.45) is 2.72. The number of nitrogens with zero attached hydrogens (tertiary/aromatic N) is 2. The number of nitriles is 2. The van der Waals surface area contributed by atoms with Crippen molar-refractivity contribution in [1.29, 1.82) is 10.5 Å². The average molecular weight is 196 g/mol. The maximum atomic E-state index is 11.5. The van der Waals surface area contributed by atoms with Crippen LogP contribution < -0.4 is 0 Å². The van der Waals surface area contributed by atoms with Crippen LogP contribution in [0.1, 0.15) is 22.3 Å². The molecule has 0 N–H and O–H groups in total. The molecule has 0 radical (unpaired) electrons. The quantitative estimate of drug-likeness (QED) is 0.550. The molecule has 0 aliphatic heterocycles. The number of ketones is 1. The van der Waals surface area contributed by atoms with Crippen LogP contribution in [0.25, 0.3) is 6.08 Å². The van der Waals surface area contributed by atoms with Gasteiger partial charge in [0.25, 0.3) is 0 Å². The summed E-state index contributed by atoms with van der Waals surface area (Å²) in [6, 6.07) is 10.6. The summed E-state index contributed by atoms with van der Waals surface area (Å²) in [5.41, 5.74) is 1.14. The molecular formula is C12H8N2O. The molecular weight excluding hydrogens is 188 g/mol. The molecule has 3 heteroatoms. The predicted molar refractivity (Wildman–Crippen MR) is 55.6 cm³/mol. The number of allylic oxidation sites excluding steroid dienone is 1. The van der Waals surface area contributed by atoms with Crippen LogP contribution in [0, 0.1) is 22.7 Å². The second-order valence-corrected chi connectivity index (χ2v) is 2.81. The van der Waals surface area contributed by atoms with Gasteiger partial charge in [0, 0.05) is 11.6 Å². The zero-order chi connectivity index (χ0) is 11.1. The van der Waals surface area contributed by atoms with E-state index in [4.69, 9.17) is 10.5 Å². The van der Waals surface area contributed by atoms with E-state index in [0.29, 0.717) is 11.1 Å². The van der Waals surface area contributed by atoms with Crippen LogP contribution in [-0.4, -0.2) is 5.78 Å². The van der Waals surface area contributed by atoms with Gasteiger partial charge in [0.15, 0.2) is 5.78 Å². The number of benzene rings is 1. The van der Waals surface area contributed by atoms with Gasteiger partial charge in [-0.25, -0.2) is 0 Å². The summed E-state index contributed by atoms with van der Waals surface area (Å²) >= 11 is 0. The first kappa shape index (κ1) is 10.7. The summed E-state index contributed by atoms with van der Waals surface area (Å²) in [6.45, 7) is 0. The Balaban J connectivity index is 3.08. The standard InChI is InChI=1S/C12H8N2O/c13-8-3-5-10-4-1-2-6-11(10)12(15)7-9-14/h1-6H,7H2. The number of carbonyl (C=O) groups is 1. The molecule has 0 atom stereocenters. The second-order valence-electron chi connectivity index (χ2n) is 2.81. The Bertz CT molecular complexity index is 475. The van der Waals surface area contributed by atoms with Crippen molar-refractivity contribution in [2.75, 3.05) is 0 Å². The van der Waals surface area contributed by atoms with Crippen molar-refractivity contribution in [3.63, 3.8) is 0 Å². The lowest BCUT2D eigenvalue weighted by molar-refractivity contribution is 0.0997. The predicted octanol–water partition coefficient (Wildman–Crippen LogP) is 2.32. The van der Waals surface area contributed by atoms with Gasteiger partial charge in [-0.05, 0) is 11.6 Å². The van der Waals surface area contributed by atoms with Gasteiger partial charge in [-0.1, -0.05) is 24.3 Å². The van der Waals surface area contributed by atoms with Crippen molar-refractivity contribution < 1.29 is 4.79 Å². The van der Waals surface area contributed by atoms with Crippen molar-refractivity contribution in [3.8, 4) is 12.1 Å². The third-order valence-electron chi connectivity index (χ3n) is 1.84. The molecule has 1 rings (SSSR count). The zero-order valence-electron chi connectivity index (χ0n) is 7.97. The van der Waals surface area contributed by atoms with Crippen LogP contribution in [0.5, 0.6) is 0 Å². The highest BCUT2D eigenvalue weighted by Crippen LogP contribution is 2.12. The molecule has 1 aromatic carbocycles. The van der Waals surface area contributed by atoms with Gasteiger partial charge in [0.2, 0.25) is 0 Å². The molecule has 0 aliphatic carbocycles.